The van der Waals surface area contributed by atoms with E-state index in [2.05, 4.69) is 58.0 Å². The summed E-state index contributed by atoms with van der Waals surface area (Å²) in [5.41, 5.74) is 1.71. The summed E-state index contributed by atoms with van der Waals surface area (Å²) in [6.07, 6.45) is 0.975. The minimum absolute atomic E-state index is 0.293. The number of hydrogen-bond donors (Lipinski definition) is 0. The molecule has 1 atom stereocenters. The van der Waals surface area contributed by atoms with Crippen molar-refractivity contribution in [2.75, 3.05) is 0 Å². The van der Waals surface area contributed by atoms with Gasteiger partial charge in [0.2, 0.25) is 0 Å². The van der Waals surface area contributed by atoms with Crippen LogP contribution in [0.4, 0.5) is 0 Å². The second-order valence-corrected chi connectivity index (χ2v) is 4.37. The molecule has 0 nitrogen and oxygen atoms in total. The standard InChI is InChI=1S/C13H19/c1-5-13(3,4)11(2)12-9-7-6-8-10-12/h6-11H,1,5H2,2-4H3. The zero-order valence-electron chi connectivity index (χ0n) is 8.88. The quantitative estimate of drug-likeness (QED) is 0.650. The van der Waals surface area contributed by atoms with E-state index in [9.17, 15) is 0 Å². The molecule has 1 unspecified atom stereocenters. The van der Waals surface area contributed by atoms with Crippen LogP contribution in [0, 0.1) is 12.3 Å². The predicted octanol–water partition coefficient (Wildman–Crippen LogP) is 4.04. The summed E-state index contributed by atoms with van der Waals surface area (Å²) in [7, 11) is 0. The summed E-state index contributed by atoms with van der Waals surface area (Å²) in [6.45, 7) is 10.8. The van der Waals surface area contributed by atoms with E-state index in [4.69, 9.17) is 0 Å². The summed E-state index contributed by atoms with van der Waals surface area (Å²) in [5, 5.41) is 0. The largest absolute Gasteiger partial charge is 0.0622 e. The van der Waals surface area contributed by atoms with Crippen molar-refractivity contribution in [1.29, 1.82) is 0 Å². The van der Waals surface area contributed by atoms with Crippen LogP contribution < -0.4 is 0 Å². The van der Waals surface area contributed by atoms with Crippen LogP contribution in [-0.2, 0) is 0 Å². The fourth-order valence-corrected chi connectivity index (χ4v) is 1.41. The monoisotopic (exact) mass is 175 g/mol. The van der Waals surface area contributed by atoms with Crippen LogP contribution in [0.1, 0.15) is 38.7 Å². The van der Waals surface area contributed by atoms with Gasteiger partial charge in [0.05, 0.1) is 0 Å². The molecular weight excluding hydrogens is 156 g/mol. The summed E-state index contributed by atoms with van der Waals surface area (Å²) in [4.78, 5) is 0. The zero-order chi connectivity index (χ0) is 9.90. The number of rotatable bonds is 3. The van der Waals surface area contributed by atoms with Crippen LogP contribution in [0.15, 0.2) is 30.3 Å². The number of hydrogen-bond acceptors (Lipinski definition) is 0. The van der Waals surface area contributed by atoms with Crippen molar-refractivity contribution < 1.29 is 0 Å². The molecule has 0 heterocycles. The van der Waals surface area contributed by atoms with Crippen molar-refractivity contribution in [3.05, 3.63) is 42.8 Å². The first-order valence-corrected chi connectivity index (χ1v) is 4.92. The average Bonchev–Trinajstić information content (AvgIpc) is 2.18. The first-order chi connectivity index (χ1) is 6.08. The van der Waals surface area contributed by atoms with E-state index in [0.29, 0.717) is 11.3 Å². The highest BCUT2D eigenvalue weighted by molar-refractivity contribution is 5.20. The molecule has 1 rings (SSSR count). The maximum atomic E-state index is 4.00. The van der Waals surface area contributed by atoms with Crippen molar-refractivity contribution in [2.24, 2.45) is 5.41 Å². The van der Waals surface area contributed by atoms with Crippen molar-refractivity contribution >= 4 is 0 Å². The smallest absolute Gasteiger partial charge is 0.0139 e. The lowest BCUT2D eigenvalue weighted by atomic mass is 9.74. The Morgan fingerprint density at radius 1 is 1.23 bits per heavy atom. The lowest BCUT2D eigenvalue weighted by Gasteiger charge is -2.30. The average molecular weight is 175 g/mol. The van der Waals surface area contributed by atoms with Gasteiger partial charge >= 0.3 is 0 Å². The molecular formula is C13H19. The van der Waals surface area contributed by atoms with Gasteiger partial charge in [-0.3, -0.25) is 0 Å². The fourth-order valence-electron chi connectivity index (χ4n) is 1.41. The molecule has 0 saturated carbocycles. The third-order valence-corrected chi connectivity index (χ3v) is 3.12. The summed E-state index contributed by atoms with van der Waals surface area (Å²) in [6, 6.07) is 10.7. The Kier molecular flexibility index (Phi) is 3.13. The van der Waals surface area contributed by atoms with Gasteiger partial charge in [-0.1, -0.05) is 58.0 Å². The molecule has 0 spiro atoms. The van der Waals surface area contributed by atoms with E-state index < -0.39 is 0 Å². The Labute approximate surface area is 82.0 Å². The lowest BCUT2D eigenvalue weighted by Crippen LogP contribution is -2.18. The van der Waals surface area contributed by atoms with Gasteiger partial charge in [-0.15, -0.1) is 0 Å². The van der Waals surface area contributed by atoms with Gasteiger partial charge in [0.15, 0.2) is 0 Å². The Hall–Kier alpha value is -0.780. The highest BCUT2D eigenvalue weighted by Gasteiger charge is 2.24. The van der Waals surface area contributed by atoms with Crippen LogP contribution in [0.3, 0.4) is 0 Å². The van der Waals surface area contributed by atoms with E-state index in [-0.39, 0.29) is 0 Å². The predicted molar refractivity (Wildman–Crippen MR) is 58.6 cm³/mol. The molecule has 0 aliphatic rings. The summed E-state index contributed by atoms with van der Waals surface area (Å²) < 4.78 is 0. The van der Waals surface area contributed by atoms with Crippen molar-refractivity contribution in [1.82, 2.24) is 0 Å². The molecule has 0 amide bonds. The molecule has 0 heteroatoms. The van der Waals surface area contributed by atoms with Crippen LogP contribution in [0.5, 0.6) is 0 Å². The van der Waals surface area contributed by atoms with Crippen molar-refractivity contribution in [3.63, 3.8) is 0 Å². The van der Waals surface area contributed by atoms with E-state index >= 15 is 0 Å². The minimum atomic E-state index is 0.293. The van der Waals surface area contributed by atoms with E-state index in [0.717, 1.165) is 6.42 Å². The van der Waals surface area contributed by atoms with Crippen LogP contribution >= 0.6 is 0 Å². The van der Waals surface area contributed by atoms with Gasteiger partial charge in [0, 0.05) is 0 Å². The molecule has 0 bridgehead atoms. The highest BCUT2D eigenvalue weighted by Crippen LogP contribution is 2.37. The molecule has 1 radical (unpaired) electrons. The summed E-state index contributed by atoms with van der Waals surface area (Å²) in [5.74, 6) is 0.575. The third kappa shape index (κ3) is 2.33. The molecule has 71 valence electrons. The Morgan fingerprint density at radius 3 is 2.23 bits per heavy atom. The van der Waals surface area contributed by atoms with Crippen molar-refractivity contribution in [2.45, 2.75) is 33.1 Å². The Morgan fingerprint density at radius 2 is 1.77 bits per heavy atom. The van der Waals surface area contributed by atoms with Crippen LogP contribution in [0.2, 0.25) is 0 Å². The van der Waals surface area contributed by atoms with E-state index in [1.807, 2.05) is 0 Å². The topological polar surface area (TPSA) is 0 Å². The fraction of sp³-hybridized carbons (Fsp3) is 0.462. The van der Waals surface area contributed by atoms with Crippen LogP contribution in [0.25, 0.3) is 0 Å². The molecule has 0 fully saturated rings. The maximum absolute atomic E-state index is 4.00. The van der Waals surface area contributed by atoms with Gasteiger partial charge < -0.3 is 0 Å². The lowest BCUT2D eigenvalue weighted by molar-refractivity contribution is 0.303. The van der Waals surface area contributed by atoms with Crippen molar-refractivity contribution in [3.8, 4) is 0 Å². The summed E-state index contributed by atoms with van der Waals surface area (Å²) >= 11 is 0. The van der Waals surface area contributed by atoms with E-state index in [1.165, 1.54) is 5.56 Å². The molecule has 1 aromatic rings. The first kappa shape index (κ1) is 10.3. The normalized spacial score (nSPS) is 14.2. The SMILES string of the molecule is [CH2]CC(C)(C)C(C)c1ccccc1. The van der Waals surface area contributed by atoms with Gasteiger partial charge in [0.1, 0.15) is 0 Å². The van der Waals surface area contributed by atoms with Gasteiger partial charge in [-0.2, -0.15) is 0 Å². The van der Waals surface area contributed by atoms with Crippen LogP contribution in [-0.4, -0.2) is 0 Å². The van der Waals surface area contributed by atoms with E-state index in [1.54, 1.807) is 0 Å². The third-order valence-electron chi connectivity index (χ3n) is 3.12. The first-order valence-electron chi connectivity index (χ1n) is 4.92. The molecule has 0 saturated heterocycles. The zero-order valence-corrected chi connectivity index (χ0v) is 8.88. The Bertz CT molecular complexity index is 246. The molecule has 0 aromatic heterocycles. The highest BCUT2D eigenvalue weighted by atomic mass is 14.3. The van der Waals surface area contributed by atoms with Gasteiger partial charge in [-0.25, -0.2) is 0 Å². The molecule has 1 aromatic carbocycles. The second-order valence-electron chi connectivity index (χ2n) is 4.37. The Balaban J connectivity index is 2.85. The molecule has 0 aliphatic heterocycles. The minimum Gasteiger partial charge on any atom is -0.0622 e. The van der Waals surface area contributed by atoms with Gasteiger partial charge in [-0.05, 0) is 23.3 Å². The molecule has 0 N–H and O–H groups in total. The molecule has 0 aliphatic carbocycles. The maximum Gasteiger partial charge on any atom is -0.0139 e. The molecule has 13 heavy (non-hydrogen) atoms. The number of benzene rings is 1. The van der Waals surface area contributed by atoms with Gasteiger partial charge in [0.25, 0.3) is 0 Å². The second kappa shape index (κ2) is 3.95.